The summed E-state index contributed by atoms with van der Waals surface area (Å²) in [5, 5.41) is 3.75. The van der Waals surface area contributed by atoms with Crippen molar-refractivity contribution in [3.63, 3.8) is 0 Å². The van der Waals surface area contributed by atoms with Gasteiger partial charge in [-0.1, -0.05) is 23.4 Å². The van der Waals surface area contributed by atoms with Gasteiger partial charge >= 0.3 is 0 Å². The number of aromatic nitrogens is 1. The summed E-state index contributed by atoms with van der Waals surface area (Å²) in [4.78, 5) is 14.7. The summed E-state index contributed by atoms with van der Waals surface area (Å²) >= 11 is 0. The largest absolute Gasteiger partial charge is 0.493 e. The van der Waals surface area contributed by atoms with Crippen molar-refractivity contribution in [2.45, 2.75) is 44.9 Å². The van der Waals surface area contributed by atoms with Crippen molar-refractivity contribution in [1.82, 2.24) is 14.4 Å². The lowest BCUT2D eigenvalue weighted by Crippen LogP contribution is -2.43. The Balaban J connectivity index is 1.47. The number of carbonyl (C=O) groups excluding carboxylic acids is 1. The molecule has 1 aromatic carbocycles. The zero-order valence-corrected chi connectivity index (χ0v) is 19.4. The molecule has 1 aliphatic heterocycles. The smallest absolute Gasteiger partial charge is 0.248 e. The normalized spacial score (nSPS) is 15.7. The Morgan fingerprint density at radius 1 is 1.23 bits per heavy atom. The number of sulfonamides is 1. The molecular formula is C22H31N3O5S. The first-order chi connectivity index (χ1) is 14.7. The molecule has 0 aliphatic carbocycles. The fourth-order valence-electron chi connectivity index (χ4n) is 3.94. The first-order valence-corrected chi connectivity index (χ1v) is 12.0. The van der Waals surface area contributed by atoms with Crippen LogP contribution in [0.2, 0.25) is 0 Å². The summed E-state index contributed by atoms with van der Waals surface area (Å²) in [5.74, 6) is 1.05. The van der Waals surface area contributed by atoms with Gasteiger partial charge in [0.2, 0.25) is 15.9 Å². The number of amides is 1. The van der Waals surface area contributed by atoms with E-state index >= 15 is 0 Å². The summed E-state index contributed by atoms with van der Waals surface area (Å²) in [6.07, 6.45) is 1.74. The van der Waals surface area contributed by atoms with Crippen molar-refractivity contribution in [3.8, 4) is 5.75 Å². The number of hydrogen-bond acceptors (Lipinski definition) is 6. The van der Waals surface area contributed by atoms with E-state index in [1.807, 2.05) is 31.2 Å². The Hall–Kier alpha value is -2.39. The predicted octanol–water partition coefficient (Wildman–Crippen LogP) is 2.93. The van der Waals surface area contributed by atoms with E-state index in [0.29, 0.717) is 50.5 Å². The molecule has 170 valence electrons. The molecule has 2 aromatic rings. The van der Waals surface area contributed by atoms with Crippen LogP contribution < -0.4 is 4.74 Å². The number of hydrogen-bond donors (Lipinski definition) is 0. The molecule has 0 N–H and O–H groups in total. The molecule has 1 fully saturated rings. The molecule has 1 saturated heterocycles. The quantitative estimate of drug-likeness (QED) is 0.576. The fourth-order valence-corrected chi connectivity index (χ4v) is 5.70. The highest BCUT2D eigenvalue weighted by Crippen LogP contribution is 2.28. The van der Waals surface area contributed by atoms with E-state index in [1.54, 1.807) is 25.8 Å². The minimum Gasteiger partial charge on any atom is -0.493 e. The lowest BCUT2D eigenvalue weighted by molar-refractivity contribution is -0.135. The number of rotatable bonds is 8. The Kier molecular flexibility index (Phi) is 7.38. The SMILES string of the molecule is Cc1ccccc1OCCCN(C)C(=O)C1CCN(S(=O)(=O)c2c(C)noc2C)CC1. The Morgan fingerprint density at radius 2 is 1.90 bits per heavy atom. The molecule has 0 radical (unpaired) electrons. The summed E-state index contributed by atoms with van der Waals surface area (Å²) in [6, 6.07) is 7.85. The number of para-hydroxylation sites is 1. The minimum absolute atomic E-state index is 0.0604. The Bertz CT molecular complexity index is 990. The number of ether oxygens (including phenoxy) is 1. The first-order valence-electron chi connectivity index (χ1n) is 10.6. The molecule has 0 spiro atoms. The van der Waals surface area contributed by atoms with Crippen LogP contribution in [0.4, 0.5) is 0 Å². The molecule has 1 aliphatic rings. The average molecular weight is 450 g/mol. The Morgan fingerprint density at radius 3 is 2.52 bits per heavy atom. The molecule has 1 aromatic heterocycles. The highest BCUT2D eigenvalue weighted by atomic mass is 32.2. The molecule has 31 heavy (non-hydrogen) atoms. The van der Waals surface area contributed by atoms with Gasteiger partial charge in [0.1, 0.15) is 16.3 Å². The van der Waals surface area contributed by atoms with Crippen LogP contribution >= 0.6 is 0 Å². The standard InChI is InChI=1S/C22H31N3O5S/c1-16-8-5-6-9-20(16)29-15-7-12-24(4)22(26)19-10-13-25(14-11-19)31(27,28)21-17(2)23-30-18(21)3/h5-6,8-9,19H,7,10-15H2,1-4H3. The van der Waals surface area contributed by atoms with E-state index < -0.39 is 10.0 Å². The van der Waals surface area contributed by atoms with Gasteiger partial charge in [-0.15, -0.1) is 0 Å². The molecule has 2 heterocycles. The van der Waals surface area contributed by atoms with Crippen molar-refractivity contribution in [2.24, 2.45) is 5.92 Å². The molecule has 3 rings (SSSR count). The predicted molar refractivity (Wildman–Crippen MR) is 116 cm³/mol. The summed E-state index contributed by atoms with van der Waals surface area (Å²) in [6.45, 7) is 6.99. The zero-order chi connectivity index (χ0) is 22.6. The second-order valence-electron chi connectivity index (χ2n) is 8.06. The van der Waals surface area contributed by atoms with Crippen LogP contribution in [-0.4, -0.2) is 62.0 Å². The average Bonchev–Trinajstić information content (AvgIpc) is 3.10. The molecule has 8 nitrogen and oxygen atoms in total. The third-order valence-electron chi connectivity index (χ3n) is 5.73. The van der Waals surface area contributed by atoms with E-state index in [4.69, 9.17) is 9.26 Å². The lowest BCUT2D eigenvalue weighted by atomic mass is 9.96. The summed E-state index contributed by atoms with van der Waals surface area (Å²) in [7, 11) is -1.87. The minimum atomic E-state index is -3.66. The number of nitrogens with zero attached hydrogens (tertiary/aromatic N) is 3. The Labute approximate surface area is 184 Å². The molecule has 0 bridgehead atoms. The zero-order valence-electron chi connectivity index (χ0n) is 18.6. The van der Waals surface area contributed by atoms with E-state index in [-0.39, 0.29) is 16.7 Å². The van der Waals surface area contributed by atoms with Crippen molar-refractivity contribution >= 4 is 15.9 Å². The van der Waals surface area contributed by atoms with E-state index in [2.05, 4.69) is 5.16 Å². The molecule has 0 saturated carbocycles. The maximum absolute atomic E-state index is 12.9. The van der Waals surface area contributed by atoms with Crippen molar-refractivity contribution in [3.05, 3.63) is 41.3 Å². The van der Waals surface area contributed by atoms with Gasteiger partial charge in [-0.2, -0.15) is 4.31 Å². The van der Waals surface area contributed by atoms with Gasteiger partial charge in [0.25, 0.3) is 0 Å². The van der Waals surface area contributed by atoms with Gasteiger partial charge in [-0.25, -0.2) is 8.42 Å². The fraction of sp³-hybridized carbons (Fsp3) is 0.545. The van der Waals surface area contributed by atoms with Gasteiger partial charge in [0.15, 0.2) is 5.76 Å². The summed E-state index contributed by atoms with van der Waals surface area (Å²) in [5.41, 5.74) is 1.45. The summed E-state index contributed by atoms with van der Waals surface area (Å²) < 4.78 is 38.1. The van der Waals surface area contributed by atoms with Gasteiger partial charge in [-0.3, -0.25) is 4.79 Å². The highest BCUT2D eigenvalue weighted by Gasteiger charge is 2.36. The molecule has 0 atom stereocenters. The van der Waals surface area contributed by atoms with Crippen molar-refractivity contribution < 1.29 is 22.5 Å². The third-order valence-corrected chi connectivity index (χ3v) is 7.88. The van der Waals surface area contributed by atoms with Gasteiger partial charge in [0, 0.05) is 32.6 Å². The molecule has 0 unspecified atom stereocenters. The third kappa shape index (κ3) is 5.27. The number of piperidine rings is 1. The van der Waals surface area contributed by atoms with Gasteiger partial charge in [-0.05, 0) is 51.7 Å². The van der Waals surface area contributed by atoms with Crippen LogP contribution in [0.5, 0.6) is 5.75 Å². The van der Waals surface area contributed by atoms with E-state index in [1.165, 1.54) is 4.31 Å². The monoisotopic (exact) mass is 449 g/mol. The van der Waals surface area contributed by atoms with Crippen LogP contribution in [0, 0.1) is 26.7 Å². The second kappa shape index (κ2) is 9.82. The number of aryl methyl sites for hydroxylation is 3. The van der Waals surface area contributed by atoms with Gasteiger partial charge in [0.05, 0.1) is 6.61 Å². The lowest BCUT2D eigenvalue weighted by Gasteiger charge is -2.32. The van der Waals surface area contributed by atoms with Crippen LogP contribution in [-0.2, 0) is 14.8 Å². The maximum Gasteiger partial charge on any atom is 0.248 e. The highest BCUT2D eigenvalue weighted by molar-refractivity contribution is 7.89. The molecule has 1 amide bonds. The van der Waals surface area contributed by atoms with Crippen LogP contribution in [0.25, 0.3) is 0 Å². The van der Waals surface area contributed by atoms with Crippen LogP contribution in [0.15, 0.2) is 33.7 Å². The van der Waals surface area contributed by atoms with Gasteiger partial charge < -0.3 is 14.2 Å². The number of carbonyl (C=O) groups is 1. The number of benzene rings is 1. The molecular weight excluding hydrogens is 418 g/mol. The second-order valence-corrected chi connectivity index (χ2v) is 9.93. The maximum atomic E-state index is 12.9. The topological polar surface area (TPSA) is 93.0 Å². The molecule has 9 heteroatoms. The van der Waals surface area contributed by atoms with Crippen molar-refractivity contribution in [1.29, 1.82) is 0 Å². The first kappa shape index (κ1) is 23.3. The van der Waals surface area contributed by atoms with E-state index in [9.17, 15) is 13.2 Å². The van der Waals surface area contributed by atoms with Crippen LogP contribution in [0.3, 0.4) is 0 Å². The van der Waals surface area contributed by atoms with Crippen molar-refractivity contribution in [2.75, 3.05) is 33.3 Å². The van der Waals surface area contributed by atoms with E-state index in [0.717, 1.165) is 17.7 Å². The van der Waals surface area contributed by atoms with Crippen LogP contribution in [0.1, 0.15) is 36.3 Å².